The summed E-state index contributed by atoms with van der Waals surface area (Å²) in [6.07, 6.45) is 0. The number of anilines is 1. The third-order valence-electron chi connectivity index (χ3n) is 1.96. The minimum absolute atomic E-state index is 0.118. The molecule has 18 heavy (non-hydrogen) atoms. The van der Waals surface area contributed by atoms with E-state index in [1.807, 2.05) is 4.72 Å². The first kappa shape index (κ1) is 14.7. The molecule has 8 nitrogen and oxygen atoms in total. The number of rotatable bonds is 5. The van der Waals surface area contributed by atoms with Gasteiger partial charge in [-0.1, -0.05) is 0 Å². The van der Waals surface area contributed by atoms with E-state index < -0.39 is 32.4 Å². The number of phenolic OH excluding ortho intramolecular Hbond substituents is 1. The largest absolute Gasteiger partial charge is 0.506 e. The number of sulfonamides is 1. The number of benzene rings is 1. The van der Waals surface area contributed by atoms with Gasteiger partial charge < -0.3 is 10.8 Å². The lowest BCUT2D eigenvalue weighted by Crippen LogP contribution is -2.29. The van der Waals surface area contributed by atoms with Crippen molar-refractivity contribution in [1.82, 2.24) is 4.72 Å². The Hall–Kier alpha value is -1.36. The molecule has 1 rings (SSSR count). The summed E-state index contributed by atoms with van der Waals surface area (Å²) in [5.41, 5.74) is 5.22. The third kappa shape index (κ3) is 4.14. The molecule has 0 bridgehead atoms. The van der Waals surface area contributed by atoms with E-state index in [9.17, 15) is 16.8 Å². The molecule has 102 valence electrons. The van der Waals surface area contributed by atoms with Crippen LogP contribution in [-0.4, -0.2) is 38.8 Å². The van der Waals surface area contributed by atoms with E-state index in [2.05, 4.69) is 0 Å². The van der Waals surface area contributed by atoms with E-state index in [0.29, 0.717) is 0 Å². The first-order chi connectivity index (χ1) is 8.12. The molecule has 5 N–H and O–H groups in total. The van der Waals surface area contributed by atoms with Crippen molar-refractivity contribution in [3.8, 4) is 5.75 Å². The van der Waals surface area contributed by atoms with Crippen LogP contribution in [0.3, 0.4) is 0 Å². The zero-order valence-electron chi connectivity index (χ0n) is 9.07. The maximum atomic E-state index is 11.7. The first-order valence-corrected chi connectivity index (χ1v) is 7.74. The highest BCUT2D eigenvalue weighted by atomic mass is 32.2. The summed E-state index contributed by atoms with van der Waals surface area (Å²) in [7, 11) is -8.17. The van der Waals surface area contributed by atoms with Gasteiger partial charge in [0.15, 0.2) is 0 Å². The van der Waals surface area contributed by atoms with Crippen LogP contribution in [-0.2, 0) is 20.1 Å². The molecule has 0 aliphatic rings. The second-order valence-corrected chi connectivity index (χ2v) is 6.74. The normalized spacial score (nSPS) is 12.5. The maximum Gasteiger partial charge on any atom is 0.266 e. The van der Waals surface area contributed by atoms with Gasteiger partial charge in [-0.15, -0.1) is 0 Å². The molecule has 0 spiro atoms. The second kappa shape index (κ2) is 5.10. The highest BCUT2D eigenvalue weighted by molar-refractivity contribution is 7.89. The Kier molecular flexibility index (Phi) is 4.16. The fraction of sp³-hybridized carbons (Fsp3) is 0.250. The topological polar surface area (TPSA) is 147 Å². The van der Waals surface area contributed by atoms with Crippen LogP contribution in [0.5, 0.6) is 5.75 Å². The van der Waals surface area contributed by atoms with E-state index in [1.54, 1.807) is 0 Å². The first-order valence-electron chi connectivity index (χ1n) is 4.65. The molecule has 1 aromatic carbocycles. The van der Waals surface area contributed by atoms with Crippen LogP contribution in [0.25, 0.3) is 0 Å². The van der Waals surface area contributed by atoms with Crippen LogP contribution in [0.1, 0.15) is 0 Å². The molecule has 0 atom stereocenters. The molecule has 0 aliphatic carbocycles. The van der Waals surface area contributed by atoms with Gasteiger partial charge in [0, 0.05) is 6.54 Å². The Morgan fingerprint density at radius 1 is 1.22 bits per heavy atom. The summed E-state index contributed by atoms with van der Waals surface area (Å²) in [6, 6.07) is 3.25. The second-order valence-electron chi connectivity index (χ2n) is 3.40. The van der Waals surface area contributed by atoms with Crippen LogP contribution < -0.4 is 10.5 Å². The number of nitrogen functional groups attached to an aromatic ring is 1. The molecule has 0 amide bonds. The van der Waals surface area contributed by atoms with Gasteiger partial charge in [0.2, 0.25) is 10.0 Å². The molecule has 0 heterocycles. The van der Waals surface area contributed by atoms with Crippen molar-refractivity contribution in [3.05, 3.63) is 18.2 Å². The summed E-state index contributed by atoms with van der Waals surface area (Å²) in [4.78, 5) is -0.215. The summed E-state index contributed by atoms with van der Waals surface area (Å²) < 4.78 is 54.6. The molecule has 0 saturated carbocycles. The van der Waals surface area contributed by atoms with Crippen molar-refractivity contribution in [1.29, 1.82) is 0 Å². The average Bonchev–Trinajstić information content (AvgIpc) is 2.19. The van der Waals surface area contributed by atoms with Crippen LogP contribution in [0.4, 0.5) is 5.69 Å². The zero-order valence-corrected chi connectivity index (χ0v) is 10.7. The van der Waals surface area contributed by atoms with Gasteiger partial charge in [0.25, 0.3) is 10.1 Å². The van der Waals surface area contributed by atoms with Crippen LogP contribution >= 0.6 is 0 Å². The summed E-state index contributed by atoms with van der Waals surface area (Å²) in [6.45, 7) is -0.470. The Morgan fingerprint density at radius 2 is 1.83 bits per heavy atom. The number of hydrogen-bond acceptors (Lipinski definition) is 6. The van der Waals surface area contributed by atoms with Crippen LogP contribution in [0.15, 0.2) is 23.1 Å². The number of hydrogen-bond donors (Lipinski definition) is 4. The van der Waals surface area contributed by atoms with Crippen LogP contribution in [0.2, 0.25) is 0 Å². The Labute approximate surface area is 104 Å². The predicted molar refractivity (Wildman–Crippen MR) is 64.1 cm³/mol. The molecule has 0 aromatic heterocycles. The number of nitrogens with one attached hydrogen (secondary N) is 1. The third-order valence-corrected chi connectivity index (χ3v) is 4.14. The smallest absolute Gasteiger partial charge is 0.266 e. The molecule has 1 aromatic rings. The lowest BCUT2D eigenvalue weighted by Gasteiger charge is -2.07. The van der Waals surface area contributed by atoms with Gasteiger partial charge in [-0.25, -0.2) is 13.1 Å². The van der Waals surface area contributed by atoms with Gasteiger partial charge in [0.1, 0.15) is 5.75 Å². The van der Waals surface area contributed by atoms with E-state index in [-0.39, 0.29) is 16.3 Å². The van der Waals surface area contributed by atoms with Crippen molar-refractivity contribution in [2.24, 2.45) is 0 Å². The van der Waals surface area contributed by atoms with Crippen molar-refractivity contribution >= 4 is 25.8 Å². The maximum absolute atomic E-state index is 11.7. The number of aromatic hydroxyl groups is 1. The SMILES string of the molecule is Nc1cc(S(=O)(=O)NCCS(=O)(=O)O)ccc1O. The minimum atomic E-state index is -4.24. The Morgan fingerprint density at radius 3 is 2.33 bits per heavy atom. The molecular formula is C8H12N2O6S2. The quantitative estimate of drug-likeness (QED) is 0.314. The standard InChI is InChI=1S/C8H12N2O6S2/c9-7-5-6(1-2-8(7)11)18(15,16)10-3-4-17(12,13)14/h1-2,5,10-11H,3-4,9H2,(H,12,13,14). The molecule has 0 aliphatic heterocycles. The Balaban J connectivity index is 2.84. The zero-order chi connectivity index (χ0) is 14.0. The van der Waals surface area contributed by atoms with E-state index in [4.69, 9.17) is 15.4 Å². The fourth-order valence-electron chi connectivity index (χ4n) is 1.09. The highest BCUT2D eigenvalue weighted by Gasteiger charge is 2.16. The van der Waals surface area contributed by atoms with Gasteiger partial charge >= 0.3 is 0 Å². The predicted octanol–water partition coefficient (Wildman–Crippen LogP) is -0.859. The van der Waals surface area contributed by atoms with Crippen molar-refractivity contribution in [2.45, 2.75) is 4.90 Å². The molecule has 0 fully saturated rings. The van der Waals surface area contributed by atoms with Gasteiger partial charge in [-0.05, 0) is 18.2 Å². The summed E-state index contributed by atoms with van der Waals surface area (Å²) >= 11 is 0. The molecule has 0 unspecified atom stereocenters. The monoisotopic (exact) mass is 296 g/mol. The summed E-state index contributed by atoms with van der Waals surface area (Å²) in [5.74, 6) is -0.994. The van der Waals surface area contributed by atoms with E-state index in [1.165, 1.54) is 0 Å². The van der Waals surface area contributed by atoms with Crippen molar-refractivity contribution in [2.75, 3.05) is 18.0 Å². The van der Waals surface area contributed by atoms with Crippen LogP contribution in [0, 0.1) is 0 Å². The number of phenols is 1. The van der Waals surface area contributed by atoms with Gasteiger partial charge in [-0.3, -0.25) is 4.55 Å². The lowest BCUT2D eigenvalue weighted by molar-refractivity contribution is 0.477. The Bertz CT molecular complexity index is 638. The molecular weight excluding hydrogens is 284 g/mol. The lowest BCUT2D eigenvalue weighted by atomic mass is 10.3. The highest BCUT2D eigenvalue weighted by Crippen LogP contribution is 2.22. The van der Waals surface area contributed by atoms with E-state index >= 15 is 0 Å². The summed E-state index contributed by atoms with van der Waals surface area (Å²) in [5, 5.41) is 9.14. The average molecular weight is 296 g/mol. The molecule has 10 heteroatoms. The molecule has 0 saturated heterocycles. The van der Waals surface area contributed by atoms with Gasteiger partial charge in [0.05, 0.1) is 16.3 Å². The molecule has 0 radical (unpaired) electrons. The minimum Gasteiger partial charge on any atom is -0.506 e. The van der Waals surface area contributed by atoms with Crippen molar-refractivity contribution in [3.63, 3.8) is 0 Å². The van der Waals surface area contributed by atoms with Crippen molar-refractivity contribution < 1.29 is 26.5 Å². The van der Waals surface area contributed by atoms with Gasteiger partial charge in [-0.2, -0.15) is 8.42 Å². The number of nitrogens with two attached hydrogens (primary N) is 1. The van der Waals surface area contributed by atoms with E-state index in [0.717, 1.165) is 18.2 Å². The fourth-order valence-corrected chi connectivity index (χ4v) is 2.64.